The first-order valence-electron chi connectivity index (χ1n) is 8.52. The van der Waals surface area contributed by atoms with Crippen LogP contribution in [0.15, 0.2) is 23.1 Å². The van der Waals surface area contributed by atoms with Crippen LogP contribution in [0.25, 0.3) is 0 Å². The molecule has 0 bridgehead atoms. The zero-order valence-electron chi connectivity index (χ0n) is 14.4. The van der Waals surface area contributed by atoms with Gasteiger partial charge in [-0.15, -0.1) is 0 Å². The molecule has 1 saturated heterocycles. The van der Waals surface area contributed by atoms with Gasteiger partial charge < -0.3 is 9.64 Å². The van der Waals surface area contributed by atoms with Crippen molar-refractivity contribution in [3.05, 3.63) is 29.6 Å². The van der Waals surface area contributed by atoms with E-state index in [4.69, 9.17) is 4.74 Å². The highest BCUT2D eigenvalue weighted by Crippen LogP contribution is 2.31. The minimum atomic E-state index is -3.99. The second kappa shape index (κ2) is 7.01. The maximum absolute atomic E-state index is 14.3. The largest absolute Gasteiger partial charge is 0.379 e. The highest BCUT2D eigenvalue weighted by atomic mass is 32.2. The lowest BCUT2D eigenvalue weighted by Gasteiger charge is -2.28. The van der Waals surface area contributed by atoms with E-state index in [2.05, 4.69) is 0 Å². The summed E-state index contributed by atoms with van der Waals surface area (Å²) in [6, 6.07) is 3.78. The lowest BCUT2D eigenvalue weighted by Crippen LogP contribution is -2.41. The summed E-state index contributed by atoms with van der Waals surface area (Å²) >= 11 is 0. The number of nitrogens with zero attached hydrogens (tertiary/aromatic N) is 2. The Morgan fingerprint density at radius 3 is 2.48 bits per heavy atom. The average molecular weight is 370 g/mol. The van der Waals surface area contributed by atoms with Gasteiger partial charge in [0, 0.05) is 30.7 Å². The minimum absolute atomic E-state index is 0.00403. The van der Waals surface area contributed by atoms with Crippen molar-refractivity contribution in [1.29, 1.82) is 0 Å². The van der Waals surface area contributed by atoms with Crippen molar-refractivity contribution in [2.24, 2.45) is 0 Å². The molecule has 0 atom stereocenters. The number of sulfonamides is 1. The molecule has 1 aliphatic carbocycles. The van der Waals surface area contributed by atoms with Gasteiger partial charge in [0.05, 0.1) is 13.2 Å². The number of amides is 1. The fourth-order valence-corrected chi connectivity index (χ4v) is 4.58. The Hall–Kier alpha value is -1.51. The fraction of sp³-hybridized carbons (Fsp3) is 0.588. The molecule has 1 aromatic carbocycles. The molecule has 6 nitrogen and oxygen atoms in total. The first-order chi connectivity index (χ1) is 11.8. The Kier molecular flexibility index (Phi) is 5.13. The number of ether oxygens (including phenoxy) is 1. The molecular formula is C17H23FN2O4S. The van der Waals surface area contributed by atoms with E-state index in [1.807, 2.05) is 13.8 Å². The molecule has 0 aromatic heterocycles. The second-order valence-corrected chi connectivity index (χ2v) is 8.61. The fourth-order valence-electron chi connectivity index (χ4n) is 3.08. The SMILES string of the molecule is CC(C)N(C(=O)c1ccc(F)c(S(=O)(=O)N2CCOCC2)c1)C1CC1. The predicted octanol–water partition coefficient (Wildman–Crippen LogP) is 1.86. The number of carbonyl (C=O) groups is 1. The van der Waals surface area contributed by atoms with E-state index in [0.29, 0.717) is 0 Å². The van der Waals surface area contributed by atoms with E-state index in [9.17, 15) is 17.6 Å². The Labute approximate surface area is 147 Å². The van der Waals surface area contributed by atoms with Gasteiger partial charge in [0.1, 0.15) is 10.7 Å². The molecule has 1 heterocycles. The van der Waals surface area contributed by atoms with Crippen LogP contribution in [0.1, 0.15) is 37.0 Å². The Morgan fingerprint density at radius 1 is 1.28 bits per heavy atom. The van der Waals surface area contributed by atoms with Gasteiger partial charge in [-0.05, 0) is 44.9 Å². The van der Waals surface area contributed by atoms with E-state index in [1.165, 1.54) is 16.4 Å². The van der Waals surface area contributed by atoms with E-state index in [0.717, 1.165) is 18.9 Å². The van der Waals surface area contributed by atoms with Gasteiger partial charge in [0.25, 0.3) is 5.91 Å². The summed E-state index contributed by atoms with van der Waals surface area (Å²) < 4.78 is 46.1. The molecule has 2 aliphatic rings. The molecule has 1 amide bonds. The third kappa shape index (κ3) is 3.70. The first kappa shape index (κ1) is 18.3. The summed E-state index contributed by atoms with van der Waals surface area (Å²) in [7, 11) is -3.99. The zero-order valence-corrected chi connectivity index (χ0v) is 15.3. The first-order valence-corrected chi connectivity index (χ1v) is 9.96. The van der Waals surface area contributed by atoms with Gasteiger partial charge in [-0.25, -0.2) is 12.8 Å². The molecule has 1 aliphatic heterocycles. The van der Waals surface area contributed by atoms with Crippen molar-refractivity contribution in [3.63, 3.8) is 0 Å². The van der Waals surface area contributed by atoms with Gasteiger partial charge in [-0.2, -0.15) is 4.31 Å². The summed E-state index contributed by atoms with van der Waals surface area (Å²) in [5.41, 5.74) is 0.203. The number of benzene rings is 1. The maximum atomic E-state index is 14.3. The third-order valence-electron chi connectivity index (χ3n) is 4.50. The number of hydrogen-bond acceptors (Lipinski definition) is 4. The van der Waals surface area contributed by atoms with Crippen LogP contribution >= 0.6 is 0 Å². The van der Waals surface area contributed by atoms with Crippen molar-refractivity contribution < 1.29 is 22.3 Å². The molecule has 25 heavy (non-hydrogen) atoms. The molecule has 0 radical (unpaired) electrons. The van der Waals surface area contributed by atoms with Crippen LogP contribution in [-0.4, -0.2) is 61.9 Å². The molecule has 138 valence electrons. The van der Waals surface area contributed by atoms with Crippen LogP contribution in [0.2, 0.25) is 0 Å². The molecule has 0 N–H and O–H groups in total. The monoisotopic (exact) mass is 370 g/mol. The molecule has 1 aromatic rings. The van der Waals surface area contributed by atoms with Crippen LogP contribution in [0.3, 0.4) is 0 Å². The molecular weight excluding hydrogens is 347 g/mol. The quantitative estimate of drug-likeness (QED) is 0.793. The number of hydrogen-bond donors (Lipinski definition) is 0. The Balaban J connectivity index is 1.93. The van der Waals surface area contributed by atoms with Gasteiger partial charge in [0.2, 0.25) is 10.0 Å². The lowest BCUT2D eigenvalue weighted by molar-refractivity contribution is 0.0689. The molecule has 1 saturated carbocycles. The van der Waals surface area contributed by atoms with Crippen LogP contribution < -0.4 is 0 Å². The van der Waals surface area contributed by atoms with Crippen molar-refractivity contribution in [2.45, 2.75) is 43.7 Å². The molecule has 3 rings (SSSR count). The van der Waals surface area contributed by atoms with Crippen LogP contribution in [0.4, 0.5) is 4.39 Å². The van der Waals surface area contributed by atoms with Crippen LogP contribution in [0.5, 0.6) is 0 Å². The van der Waals surface area contributed by atoms with Crippen LogP contribution in [-0.2, 0) is 14.8 Å². The second-order valence-electron chi connectivity index (χ2n) is 6.70. The normalized spacial score (nSPS) is 19.2. The molecule has 2 fully saturated rings. The minimum Gasteiger partial charge on any atom is -0.379 e. The summed E-state index contributed by atoms with van der Waals surface area (Å²) in [4.78, 5) is 14.1. The van der Waals surface area contributed by atoms with Gasteiger partial charge in [-0.1, -0.05) is 0 Å². The highest BCUT2D eigenvalue weighted by molar-refractivity contribution is 7.89. The number of halogens is 1. The van der Waals surface area contributed by atoms with Gasteiger partial charge in [-0.3, -0.25) is 4.79 Å². The van der Waals surface area contributed by atoms with E-state index >= 15 is 0 Å². The van der Waals surface area contributed by atoms with Gasteiger partial charge >= 0.3 is 0 Å². The Morgan fingerprint density at radius 2 is 1.92 bits per heavy atom. The van der Waals surface area contributed by atoms with E-state index in [-0.39, 0.29) is 49.9 Å². The standard InChI is InChI=1S/C17H23FN2O4S/c1-12(2)20(14-4-5-14)17(21)13-3-6-15(18)16(11-13)25(22,23)19-7-9-24-10-8-19/h3,6,11-12,14H,4-5,7-10H2,1-2H3. The summed E-state index contributed by atoms with van der Waals surface area (Å²) in [6.45, 7) is 4.76. The van der Waals surface area contributed by atoms with E-state index in [1.54, 1.807) is 4.90 Å². The summed E-state index contributed by atoms with van der Waals surface area (Å²) in [5, 5.41) is 0. The van der Waals surface area contributed by atoms with Gasteiger partial charge in [0.15, 0.2) is 0 Å². The summed E-state index contributed by atoms with van der Waals surface area (Å²) in [5.74, 6) is -1.10. The number of morpholine rings is 1. The number of rotatable bonds is 5. The number of carbonyl (C=O) groups excluding carboxylic acids is 1. The molecule has 8 heteroatoms. The topological polar surface area (TPSA) is 66.9 Å². The third-order valence-corrected chi connectivity index (χ3v) is 6.41. The summed E-state index contributed by atoms with van der Waals surface area (Å²) in [6.07, 6.45) is 1.90. The lowest BCUT2D eigenvalue weighted by atomic mass is 10.1. The Bertz CT molecular complexity index is 754. The zero-order chi connectivity index (χ0) is 18.2. The van der Waals surface area contributed by atoms with E-state index < -0.39 is 20.7 Å². The average Bonchev–Trinajstić information content (AvgIpc) is 3.40. The van der Waals surface area contributed by atoms with Crippen molar-refractivity contribution in [3.8, 4) is 0 Å². The smallest absolute Gasteiger partial charge is 0.254 e. The maximum Gasteiger partial charge on any atom is 0.254 e. The predicted molar refractivity (Wildman–Crippen MR) is 90.3 cm³/mol. The van der Waals surface area contributed by atoms with Crippen LogP contribution in [0, 0.1) is 5.82 Å². The van der Waals surface area contributed by atoms with Crippen molar-refractivity contribution >= 4 is 15.9 Å². The highest BCUT2D eigenvalue weighted by Gasteiger charge is 2.36. The van der Waals surface area contributed by atoms with Crippen molar-refractivity contribution in [1.82, 2.24) is 9.21 Å². The van der Waals surface area contributed by atoms with Crippen molar-refractivity contribution in [2.75, 3.05) is 26.3 Å². The molecule has 0 unspecified atom stereocenters. The molecule has 0 spiro atoms.